The van der Waals surface area contributed by atoms with Gasteiger partial charge in [-0.2, -0.15) is 0 Å². The molecule has 52 valence electrons. The van der Waals surface area contributed by atoms with Crippen LogP contribution in [0.3, 0.4) is 0 Å². The van der Waals surface area contributed by atoms with Crippen molar-refractivity contribution in [2.75, 3.05) is 0 Å². The van der Waals surface area contributed by atoms with Crippen LogP contribution in [-0.4, -0.2) is 0 Å². The van der Waals surface area contributed by atoms with Gasteiger partial charge in [0.05, 0.1) is 6.26 Å². The average molecular weight is 199 g/mol. The molecule has 0 atom stereocenters. The van der Waals surface area contributed by atoms with E-state index in [1.165, 1.54) is 0 Å². The van der Waals surface area contributed by atoms with Gasteiger partial charge in [0.1, 0.15) is 5.75 Å². The van der Waals surface area contributed by atoms with Crippen LogP contribution in [0.1, 0.15) is 0 Å². The van der Waals surface area contributed by atoms with Gasteiger partial charge < -0.3 is 4.74 Å². The second-order valence-corrected chi connectivity index (χ2v) is 2.22. The maximum absolute atomic E-state index is 5.13. The Labute approximate surface area is 68.5 Å². The fourth-order valence-corrected chi connectivity index (χ4v) is 0.711. The van der Waals surface area contributed by atoms with E-state index >= 15 is 0 Å². The summed E-state index contributed by atoms with van der Waals surface area (Å²) in [6, 6.07) is 9.60. The second kappa shape index (κ2) is 4.12. The molecule has 0 fully saturated rings. The van der Waals surface area contributed by atoms with Gasteiger partial charge in [-0.3, -0.25) is 0 Å². The Balaban J connectivity index is 2.59. The molecule has 0 unspecified atom stereocenters. The van der Waals surface area contributed by atoms with E-state index < -0.39 is 0 Å². The van der Waals surface area contributed by atoms with Gasteiger partial charge in [-0.05, 0) is 12.1 Å². The van der Waals surface area contributed by atoms with E-state index in [1.54, 1.807) is 11.2 Å². The molecule has 10 heavy (non-hydrogen) atoms. The molecule has 0 aromatic heterocycles. The zero-order valence-corrected chi connectivity index (χ0v) is 6.91. The van der Waals surface area contributed by atoms with Crippen molar-refractivity contribution in [3.8, 4) is 5.75 Å². The molecule has 0 aliphatic heterocycles. The predicted molar refractivity (Wildman–Crippen MR) is 45.1 cm³/mol. The first-order chi connectivity index (χ1) is 4.93. The number of ether oxygens (including phenoxy) is 1. The highest BCUT2D eigenvalue weighted by Gasteiger charge is 1.83. The zero-order valence-electron chi connectivity index (χ0n) is 5.33. The number of halogens is 1. The molecule has 1 rings (SSSR count). The molecule has 1 nitrogen and oxygen atoms in total. The summed E-state index contributed by atoms with van der Waals surface area (Å²) in [7, 11) is 0. The third-order valence-corrected chi connectivity index (χ3v) is 1.21. The first-order valence-electron chi connectivity index (χ1n) is 2.90. The van der Waals surface area contributed by atoms with Gasteiger partial charge in [0.15, 0.2) is 0 Å². The normalized spacial score (nSPS) is 10.1. The molecule has 0 radical (unpaired) electrons. The Morgan fingerprint density at radius 1 is 1.20 bits per heavy atom. The Bertz CT molecular complexity index is 206. The topological polar surface area (TPSA) is 9.23 Å². The van der Waals surface area contributed by atoms with Crippen LogP contribution in [0.4, 0.5) is 0 Å². The third-order valence-electron chi connectivity index (χ3n) is 0.999. The van der Waals surface area contributed by atoms with Crippen molar-refractivity contribution >= 4 is 15.9 Å². The quantitative estimate of drug-likeness (QED) is 0.665. The van der Waals surface area contributed by atoms with Gasteiger partial charge in [-0.15, -0.1) is 0 Å². The maximum atomic E-state index is 5.13. The molecular weight excluding hydrogens is 192 g/mol. The molecule has 0 aliphatic rings. The van der Waals surface area contributed by atoms with E-state index in [2.05, 4.69) is 15.9 Å². The van der Waals surface area contributed by atoms with Crippen LogP contribution in [0.25, 0.3) is 0 Å². The van der Waals surface area contributed by atoms with Crippen molar-refractivity contribution in [3.63, 3.8) is 0 Å². The summed E-state index contributed by atoms with van der Waals surface area (Å²) in [5.74, 6) is 0.846. The van der Waals surface area contributed by atoms with Gasteiger partial charge in [-0.1, -0.05) is 34.1 Å². The summed E-state index contributed by atoms with van der Waals surface area (Å²) in [6.07, 6.45) is 1.58. The van der Waals surface area contributed by atoms with Crippen molar-refractivity contribution in [2.24, 2.45) is 0 Å². The molecule has 0 N–H and O–H groups in total. The first kappa shape index (κ1) is 7.35. The maximum Gasteiger partial charge on any atom is 0.126 e. The molecular formula is C8H7BrO. The largest absolute Gasteiger partial charge is 0.464 e. The van der Waals surface area contributed by atoms with Crippen LogP contribution in [-0.2, 0) is 0 Å². The SMILES string of the molecule is Br/C=C\Oc1ccccc1. The number of benzene rings is 1. The minimum Gasteiger partial charge on any atom is -0.464 e. The van der Waals surface area contributed by atoms with E-state index in [-0.39, 0.29) is 0 Å². The van der Waals surface area contributed by atoms with Crippen molar-refractivity contribution < 1.29 is 4.74 Å². The minimum absolute atomic E-state index is 0.846. The van der Waals surface area contributed by atoms with E-state index in [0.29, 0.717) is 0 Å². The Kier molecular flexibility index (Phi) is 3.03. The summed E-state index contributed by atoms with van der Waals surface area (Å²) in [4.78, 5) is 1.67. The molecule has 2 heteroatoms. The monoisotopic (exact) mass is 198 g/mol. The molecule has 0 saturated heterocycles. The first-order valence-corrected chi connectivity index (χ1v) is 3.82. The summed E-state index contributed by atoms with van der Waals surface area (Å²) in [5.41, 5.74) is 0. The van der Waals surface area contributed by atoms with Crippen LogP contribution in [0.5, 0.6) is 5.75 Å². The number of hydrogen-bond acceptors (Lipinski definition) is 1. The van der Waals surface area contributed by atoms with Gasteiger partial charge >= 0.3 is 0 Å². The summed E-state index contributed by atoms with van der Waals surface area (Å²) >= 11 is 3.10. The van der Waals surface area contributed by atoms with Gasteiger partial charge in [0, 0.05) is 4.99 Å². The van der Waals surface area contributed by atoms with Crippen LogP contribution >= 0.6 is 15.9 Å². The molecule has 0 saturated carbocycles. The highest BCUT2D eigenvalue weighted by Crippen LogP contribution is 2.08. The minimum atomic E-state index is 0.846. The highest BCUT2D eigenvalue weighted by molar-refractivity contribution is 9.11. The Hall–Kier alpha value is -0.760. The van der Waals surface area contributed by atoms with E-state index in [1.807, 2.05) is 30.3 Å². The third kappa shape index (κ3) is 2.23. The van der Waals surface area contributed by atoms with Crippen molar-refractivity contribution in [3.05, 3.63) is 41.6 Å². The fourth-order valence-electron chi connectivity index (χ4n) is 0.603. The highest BCUT2D eigenvalue weighted by atomic mass is 79.9. The fraction of sp³-hybridized carbons (Fsp3) is 0. The number of para-hydroxylation sites is 1. The zero-order chi connectivity index (χ0) is 7.23. The molecule has 1 aromatic carbocycles. The van der Waals surface area contributed by atoms with Gasteiger partial charge in [0.2, 0.25) is 0 Å². The lowest BCUT2D eigenvalue weighted by molar-refractivity contribution is 0.483. The van der Waals surface area contributed by atoms with Crippen molar-refractivity contribution in [1.82, 2.24) is 0 Å². The Morgan fingerprint density at radius 2 is 1.90 bits per heavy atom. The molecule has 0 heterocycles. The molecule has 0 amide bonds. The number of rotatable bonds is 2. The molecule has 0 spiro atoms. The van der Waals surface area contributed by atoms with Gasteiger partial charge in [0.25, 0.3) is 0 Å². The van der Waals surface area contributed by atoms with Crippen LogP contribution in [0.2, 0.25) is 0 Å². The van der Waals surface area contributed by atoms with E-state index in [4.69, 9.17) is 4.74 Å². The Morgan fingerprint density at radius 3 is 2.50 bits per heavy atom. The summed E-state index contributed by atoms with van der Waals surface area (Å²) in [6.45, 7) is 0. The van der Waals surface area contributed by atoms with Crippen LogP contribution in [0, 0.1) is 0 Å². The average Bonchev–Trinajstić information content (AvgIpc) is 2.03. The molecule has 1 aromatic rings. The summed E-state index contributed by atoms with van der Waals surface area (Å²) < 4.78 is 5.13. The summed E-state index contributed by atoms with van der Waals surface area (Å²) in [5, 5.41) is 0. The standard InChI is InChI=1S/C8H7BrO/c9-6-7-10-8-4-2-1-3-5-8/h1-7H/b7-6-. The number of hydrogen-bond donors (Lipinski definition) is 0. The lowest BCUT2D eigenvalue weighted by Gasteiger charge is -1.95. The van der Waals surface area contributed by atoms with E-state index in [9.17, 15) is 0 Å². The smallest absolute Gasteiger partial charge is 0.126 e. The lowest BCUT2D eigenvalue weighted by atomic mass is 10.3. The van der Waals surface area contributed by atoms with Crippen molar-refractivity contribution in [2.45, 2.75) is 0 Å². The van der Waals surface area contributed by atoms with Crippen molar-refractivity contribution in [1.29, 1.82) is 0 Å². The van der Waals surface area contributed by atoms with Crippen LogP contribution < -0.4 is 4.74 Å². The molecule has 0 aliphatic carbocycles. The second-order valence-electron chi connectivity index (χ2n) is 1.69. The molecule has 0 bridgehead atoms. The van der Waals surface area contributed by atoms with Crippen LogP contribution in [0.15, 0.2) is 41.6 Å². The van der Waals surface area contributed by atoms with E-state index in [0.717, 1.165) is 5.75 Å². The van der Waals surface area contributed by atoms with Gasteiger partial charge in [-0.25, -0.2) is 0 Å². The predicted octanol–water partition coefficient (Wildman–Crippen LogP) is 2.93. The lowest BCUT2D eigenvalue weighted by Crippen LogP contribution is -1.77.